The zero-order valence-electron chi connectivity index (χ0n) is 11.6. The average Bonchev–Trinajstić information content (AvgIpc) is 2.91. The molecule has 2 heterocycles. The third-order valence-corrected chi connectivity index (χ3v) is 3.14. The van der Waals surface area contributed by atoms with E-state index in [0.29, 0.717) is 5.65 Å². The van der Waals surface area contributed by atoms with Crippen LogP contribution in [-0.2, 0) is 0 Å². The lowest BCUT2D eigenvalue weighted by atomic mass is 10.2. The molecule has 1 N–H and O–H groups in total. The molecule has 6 heteroatoms. The number of aromatic nitrogens is 3. The summed E-state index contributed by atoms with van der Waals surface area (Å²) in [6.07, 6.45) is 1.61. The summed E-state index contributed by atoms with van der Waals surface area (Å²) < 4.78 is 15.3. The Morgan fingerprint density at radius 2 is 2.05 bits per heavy atom. The molecule has 106 valence electrons. The molecule has 0 saturated carbocycles. The molecule has 0 aliphatic rings. The van der Waals surface area contributed by atoms with E-state index < -0.39 is 11.7 Å². The van der Waals surface area contributed by atoms with Gasteiger partial charge < -0.3 is 5.32 Å². The van der Waals surface area contributed by atoms with Crippen molar-refractivity contribution in [2.75, 3.05) is 5.32 Å². The van der Waals surface area contributed by atoms with Crippen molar-refractivity contribution in [1.82, 2.24) is 14.6 Å². The van der Waals surface area contributed by atoms with Gasteiger partial charge in [-0.3, -0.25) is 4.79 Å². The molecule has 1 amide bonds. The molecule has 5 nitrogen and oxygen atoms in total. The van der Waals surface area contributed by atoms with Crippen LogP contribution in [0.5, 0.6) is 0 Å². The molecule has 0 radical (unpaired) electrons. The molecule has 0 unspecified atom stereocenters. The number of carbonyl (C=O) groups is 1. The molecule has 0 fully saturated rings. The lowest BCUT2D eigenvalue weighted by Gasteiger charge is -2.08. The number of aryl methyl sites for hydroxylation is 2. The Morgan fingerprint density at radius 1 is 1.24 bits per heavy atom. The first-order valence-electron chi connectivity index (χ1n) is 6.43. The van der Waals surface area contributed by atoms with Gasteiger partial charge in [0.1, 0.15) is 11.5 Å². The van der Waals surface area contributed by atoms with Crippen LogP contribution >= 0.6 is 0 Å². The Kier molecular flexibility index (Phi) is 3.13. The van der Waals surface area contributed by atoms with E-state index in [1.54, 1.807) is 35.0 Å². The molecular formula is C15H13FN4O. The second kappa shape index (κ2) is 4.97. The first-order chi connectivity index (χ1) is 10.0. The van der Waals surface area contributed by atoms with E-state index in [1.165, 1.54) is 6.07 Å². The van der Waals surface area contributed by atoms with Gasteiger partial charge in [0.2, 0.25) is 0 Å². The predicted octanol–water partition coefficient (Wildman–Crippen LogP) is 2.74. The predicted molar refractivity (Wildman–Crippen MR) is 76.8 cm³/mol. The monoisotopic (exact) mass is 284 g/mol. The molecule has 1 aromatic carbocycles. The minimum atomic E-state index is -0.476. The molecule has 0 spiro atoms. The summed E-state index contributed by atoms with van der Waals surface area (Å²) in [5, 5.41) is 6.64. The fraction of sp³-hybridized carbons (Fsp3) is 0.133. The van der Waals surface area contributed by atoms with Crippen molar-refractivity contribution in [2.24, 2.45) is 0 Å². The Balaban J connectivity index is 1.95. The number of nitrogens with zero attached hydrogens (tertiary/aromatic N) is 3. The van der Waals surface area contributed by atoms with Gasteiger partial charge in [-0.05, 0) is 37.6 Å². The summed E-state index contributed by atoms with van der Waals surface area (Å²) in [6, 6.07) is 7.87. The maximum absolute atomic E-state index is 13.7. The van der Waals surface area contributed by atoms with Gasteiger partial charge in [0.25, 0.3) is 5.91 Å². The van der Waals surface area contributed by atoms with Crippen LogP contribution in [0, 0.1) is 19.7 Å². The lowest BCUT2D eigenvalue weighted by molar-refractivity contribution is 0.102. The fourth-order valence-electron chi connectivity index (χ4n) is 2.11. The van der Waals surface area contributed by atoms with E-state index >= 15 is 0 Å². The zero-order valence-corrected chi connectivity index (χ0v) is 11.6. The second-order valence-electron chi connectivity index (χ2n) is 4.82. The van der Waals surface area contributed by atoms with Crippen LogP contribution in [0.2, 0.25) is 0 Å². The number of benzene rings is 1. The number of nitrogens with one attached hydrogen (secondary N) is 1. The quantitative estimate of drug-likeness (QED) is 0.787. The van der Waals surface area contributed by atoms with Crippen LogP contribution in [0.15, 0.2) is 36.5 Å². The minimum absolute atomic E-state index is 0.146. The Labute approximate surface area is 120 Å². The summed E-state index contributed by atoms with van der Waals surface area (Å²) in [4.78, 5) is 16.4. The van der Waals surface area contributed by atoms with Crippen LogP contribution in [0.25, 0.3) is 5.65 Å². The molecule has 21 heavy (non-hydrogen) atoms. The smallest absolute Gasteiger partial charge is 0.274 e. The van der Waals surface area contributed by atoms with E-state index in [9.17, 15) is 9.18 Å². The van der Waals surface area contributed by atoms with E-state index in [2.05, 4.69) is 15.4 Å². The maximum Gasteiger partial charge on any atom is 0.274 e. The molecule has 0 bridgehead atoms. The summed E-state index contributed by atoms with van der Waals surface area (Å²) in [7, 11) is 0. The summed E-state index contributed by atoms with van der Waals surface area (Å²) >= 11 is 0. The van der Waals surface area contributed by atoms with Crippen molar-refractivity contribution in [1.29, 1.82) is 0 Å². The number of fused-ring (bicyclic) bond motifs is 1. The second-order valence-corrected chi connectivity index (χ2v) is 4.82. The molecule has 3 aromatic rings. The maximum atomic E-state index is 13.7. The summed E-state index contributed by atoms with van der Waals surface area (Å²) in [5.41, 5.74) is 2.58. The van der Waals surface area contributed by atoms with Gasteiger partial charge in [0.15, 0.2) is 5.65 Å². The highest BCUT2D eigenvalue weighted by Gasteiger charge is 2.13. The van der Waals surface area contributed by atoms with Gasteiger partial charge in [-0.2, -0.15) is 5.10 Å². The SMILES string of the molecule is Cc1ccc(F)c(NC(=O)c2cc(C)n3nccc3n2)c1. The standard InChI is InChI=1S/C15H13FN4O/c1-9-3-4-11(16)12(7-9)19-15(21)13-8-10(2)20-14(18-13)5-6-17-20/h3-8H,1-2H3,(H,19,21). The van der Waals surface area contributed by atoms with Crippen molar-refractivity contribution in [3.05, 3.63) is 59.3 Å². The molecular weight excluding hydrogens is 271 g/mol. The largest absolute Gasteiger partial charge is 0.318 e. The number of rotatable bonds is 2. The highest BCUT2D eigenvalue weighted by Crippen LogP contribution is 2.17. The number of hydrogen-bond donors (Lipinski definition) is 1. The van der Waals surface area contributed by atoms with Crippen molar-refractivity contribution in [2.45, 2.75) is 13.8 Å². The number of anilines is 1. The molecule has 2 aromatic heterocycles. The highest BCUT2D eigenvalue weighted by molar-refractivity contribution is 6.03. The van der Waals surface area contributed by atoms with Gasteiger partial charge in [0, 0.05) is 11.8 Å². The van der Waals surface area contributed by atoms with Gasteiger partial charge in [-0.1, -0.05) is 6.07 Å². The van der Waals surface area contributed by atoms with Gasteiger partial charge >= 0.3 is 0 Å². The summed E-state index contributed by atoms with van der Waals surface area (Å²) in [5.74, 6) is -0.928. The molecule has 0 aliphatic heterocycles. The van der Waals surface area contributed by atoms with Crippen LogP contribution in [0.1, 0.15) is 21.7 Å². The normalized spacial score (nSPS) is 10.8. The third-order valence-electron chi connectivity index (χ3n) is 3.14. The van der Waals surface area contributed by atoms with Crippen molar-refractivity contribution >= 4 is 17.2 Å². The Morgan fingerprint density at radius 3 is 2.86 bits per heavy atom. The Bertz CT molecular complexity index is 841. The van der Waals surface area contributed by atoms with E-state index in [0.717, 1.165) is 11.3 Å². The number of hydrogen-bond acceptors (Lipinski definition) is 3. The van der Waals surface area contributed by atoms with Gasteiger partial charge in [-0.15, -0.1) is 0 Å². The van der Waals surface area contributed by atoms with Crippen LogP contribution in [0.3, 0.4) is 0 Å². The number of carbonyl (C=O) groups excluding carboxylic acids is 1. The van der Waals surface area contributed by atoms with Gasteiger partial charge in [-0.25, -0.2) is 13.9 Å². The van der Waals surface area contributed by atoms with E-state index in [1.807, 2.05) is 13.8 Å². The number of halogens is 1. The van der Waals surface area contributed by atoms with E-state index in [-0.39, 0.29) is 11.4 Å². The van der Waals surface area contributed by atoms with Crippen molar-refractivity contribution in [3.63, 3.8) is 0 Å². The average molecular weight is 284 g/mol. The highest BCUT2D eigenvalue weighted by atomic mass is 19.1. The van der Waals surface area contributed by atoms with E-state index in [4.69, 9.17) is 0 Å². The fourth-order valence-corrected chi connectivity index (χ4v) is 2.11. The molecule has 0 aliphatic carbocycles. The molecule has 3 rings (SSSR count). The minimum Gasteiger partial charge on any atom is -0.318 e. The summed E-state index contributed by atoms with van der Waals surface area (Å²) in [6.45, 7) is 3.65. The number of amides is 1. The van der Waals surface area contributed by atoms with Crippen LogP contribution in [-0.4, -0.2) is 20.5 Å². The van der Waals surface area contributed by atoms with Crippen LogP contribution < -0.4 is 5.32 Å². The van der Waals surface area contributed by atoms with Gasteiger partial charge in [0.05, 0.1) is 11.9 Å². The van der Waals surface area contributed by atoms with Crippen molar-refractivity contribution in [3.8, 4) is 0 Å². The topological polar surface area (TPSA) is 59.3 Å². The first-order valence-corrected chi connectivity index (χ1v) is 6.43. The first kappa shape index (κ1) is 13.2. The Hall–Kier alpha value is -2.76. The van der Waals surface area contributed by atoms with Crippen LogP contribution in [0.4, 0.5) is 10.1 Å². The zero-order chi connectivity index (χ0) is 15.0. The molecule has 0 atom stereocenters. The lowest BCUT2D eigenvalue weighted by Crippen LogP contribution is -2.16. The van der Waals surface area contributed by atoms with Crippen molar-refractivity contribution < 1.29 is 9.18 Å². The third kappa shape index (κ3) is 2.47. The molecule has 0 saturated heterocycles.